The van der Waals surface area contributed by atoms with Gasteiger partial charge in [0.2, 0.25) is 0 Å². The monoisotopic (exact) mass is 295 g/mol. The summed E-state index contributed by atoms with van der Waals surface area (Å²) < 4.78 is 2.40. The summed E-state index contributed by atoms with van der Waals surface area (Å²) in [6.45, 7) is 3.07. The second-order valence-corrected chi connectivity index (χ2v) is 6.94. The molecule has 2 N–H and O–H groups in total. The Bertz CT molecular complexity index is 563. The first kappa shape index (κ1) is 13.1. The molecule has 1 aliphatic rings. The maximum Gasteiger partial charge on any atom is 0.264 e. The number of thiophene rings is 2. The van der Waals surface area contributed by atoms with Crippen molar-refractivity contribution in [3.63, 3.8) is 0 Å². The molecule has 6 heteroatoms. The largest absolute Gasteiger partial charge is 0.331 e. The smallest absolute Gasteiger partial charge is 0.264 e. The zero-order valence-corrected chi connectivity index (χ0v) is 12.5. The molecular weight excluding hydrogens is 278 g/mol. The highest BCUT2D eigenvalue weighted by Crippen LogP contribution is 2.31. The van der Waals surface area contributed by atoms with Gasteiger partial charge in [0.15, 0.2) is 0 Å². The van der Waals surface area contributed by atoms with E-state index in [1.54, 1.807) is 22.7 Å². The Morgan fingerprint density at radius 3 is 3.05 bits per heavy atom. The molecule has 1 unspecified atom stereocenters. The zero-order valence-electron chi connectivity index (χ0n) is 10.8. The Labute approximate surface area is 120 Å². The van der Waals surface area contributed by atoms with Crippen LogP contribution in [-0.2, 0) is 0 Å². The van der Waals surface area contributed by atoms with Crippen LogP contribution >= 0.6 is 22.7 Å². The predicted molar refractivity (Wildman–Crippen MR) is 81.1 cm³/mol. The lowest BCUT2D eigenvalue weighted by Gasteiger charge is -2.39. The quantitative estimate of drug-likeness (QED) is 0.917. The maximum atomic E-state index is 12.6. The molecule has 0 spiro atoms. The van der Waals surface area contributed by atoms with Gasteiger partial charge in [-0.1, -0.05) is 0 Å². The van der Waals surface area contributed by atoms with Crippen LogP contribution in [0.4, 0.5) is 0 Å². The van der Waals surface area contributed by atoms with Crippen molar-refractivity contribution in [1.29, 1.82) is 0 Å². The van der Waals surface area contributed by atoms with Crippen molar-refractivity contribution in [3.05, 3.63) is 22.4 Å². The van der Waals surface area contributed by atoms with Gasteiger partial charge in [-0.2, -0.15) is 0 Å². The summed E-state index contributed by atoms with van der Waals surface area (Å²) >= 11 is 3.27. The summed E-state index contributed by atoms with van der Waals surface area (Å²) in [6.07, 6.45) is 0. The molecule has 0 aromatic carbocycles. The number of hydrogen-bond donors (Lipinski definition) is 1. The van der Waals surface area contributed by atoms with Crippen molar-refractivity contribution >= 4 is 38.0 Å². The number of nitrogens with zero attached hydrogens (tertiary/aromatic N) is 2. The molecule has 0 radical (unpaired) electrons. The van der Waals surface area contributed by atoms with Crippen LogP contribution in [-0.4, -0.2) is 55.0 Å². The molecule has 2 aromatic rings. The highest BCUT2D eigenvalue weighted by atomic mass is 32.1. The molecule has 19 heavy (non-hydrogen) atoms. The molecule has 1 amide bonds. The summed E-state index contributed by atoms with van der Waals surface area (Å²) in [7, 11) is 2.07. The van der Waals surface area contributed by atoms with Crippen molar-refractivity contribution in [2.24, 2.45) is 5.73 Å². The summed E-state index contributed by atoms with van der Waals surface area (Å²) in [4.78, 5) is 17.6. The van der Waals surface area contributed by atoms with Gasteiger partial charge in [0, 0.05) is 35.6 Å². The number of carbonyl (C=O) groups excluding carboxylic acids is 1. The summed E-state index contributed by atoms with van der Waals surface area (Å²) in [6, 6.07) is 4.22. The zero-order chi connectivity index (χ0) is 13.4. The molecule has 2 aromatic heterocycles. The Hall–Kier alpha value is -0.950. The van der Waals surface area contributed by atoms with Gasteiger partial charge < -0.3 is 15.5 Å². The van der Waals surface area contributed by atoms with Gasteiger partial charge in [-0.15, -0.1) is 22.7 Å². The highest BCUT2D eigenvalue weighted by Gasteiger charge is 2.29. The molecule has 1 atom stereocenters. The van der Waals surface area contributed by atoms with Crippen molar-refractivity contribution in [1.82, 2.24) is 9.80 Å². The van der Waals surface area contributed by atoms with E-state index in [0.717, 1.165) is 24.5 Å². The number of nitrogens with two attached hydrogens (primary N) is 1. The third-order valence-electron chi connectivity index (χ3n) is 3.57. The number of fused-ring (bicyclic) bond motifs is 1. The minimum atomic E-state index is 0.131. The SMILES string of the molecule is CN1CCN(C(=O)c2cc3sccc3s2)C(CN)C1. The molecule has 1 saturated heterocycles. The van der Waals surface area contributed by atoms with E-state index in [1.165, 1.54) is 9.40 Å². The highest BCUT2D eigenvalue weighted by molar-refractivity contribution is 7.27. The first-order valence-electron chi connectivity index (χ1n) is 6.35. The lowest BCUT2D eigenvalue weighted by atomic mass is 10.1. The molecule has 1 fully saturated rings. The molecule has 4 nitrogen and oxygen atoms in total. The number of piperazine rings is 1. The van der Waals surface area contributed by atoms with Gasteiger partial charge in [0.1, 0.15) is 0 Å². The number of hydrogen-bond acceptors (Lipinski definition) is 5. The molecule has 102 valence electrons. The lowest BCUT2D eigenvalue weighted by Crippen LogP contribution is -2.56. The lowest BCUT2D eigenvalue weighted by molar-refractivity contribution is 0.0521. The van der Waals surface area contributed by atoms with Gasteiger partial charge in [-0.25, -0.2) is 0 Å². The Morgan fingerprint density at radius 1 is 1.47 bits per heavy atom. The predicted octanol–water partition coefficient (Wildman–Crippen LogP) is 1.68. The number of amides is 1. The molecular formula is C13H17N3OS2. The molecule has 3 rings (SSSR count). The van der Waals surface area contributed by atoms with E-state index in [1.807, 2.05) is 11.0 Å². The van der Waals surface area contributed by atoms with Gasteiger partial charge in [-0.3, -0.25) is 4.79 Å². The van der Waals surface area contributed by atoms with Crippen LogP contribution in [0.25, 0.3) is 9.40 Å². The first-order chi connectivity index (χ1) is 9.19. The van der Waals surface area contributed by atoms with Crippen LogP contribution < -0.4 is 5.73 Å². The summed E-state index contributed by atoms with van der Waals surface area (Å²) in [5.74, 6) is 0.136. The van der Waals surface area contributed by atoms with Crippen molar-refractivity contribution in [2.75, 3.05) is 33.2 Å². The van der Waals surface area contributed by atoms with Crippen LogP contribution in [0.5, 0.6) is 0 Å². The Morgan fingerprint density at radius 2 is 2.32 bits per heavy atom. The Kier molecular flexibility index (Phi) is 3.58. The van der Waals surface area contributed by atoms with Gasteiger partial charge in [-0.05, 0) is 24.6 Å². The summed E-state index contributed by atoms with van der Waals surface area (Å²) in [5, 5.41) is 2.06. The second-order valence-electron chi connectivity index (χ2n) is 4.91. The average molecular weight is 295 g/mol. The van der Waals surface area contributed by atoms with Crippen molar-refractivity contribution in [3.8, 4) is 0 Å². The second kappa shape index (κ2) is 5.20. The number of carbonyl (C=O) groups is 1. The van der Waals surface area contributed by atoms with E-state index >= 15 is 0 Å². The van der Waals surface area contributed by atoms with E-state index in [4.69, 9.17) is 5.73 Å². The van der Waals surface area contributed by atoms with Crippen LogP contribution in [0.3, 0.4) is 0 Å². The van der Waals surface area contributed by atoms with Crippen molar-refractivity contribution < 1.29 is 4.79 Å². The first-order valence-corrected chi connectivity index (χ1v) is 8.05. The van der Waals surface area contributed by atoms with Crippen LogP contribution in [0, 0.1) is 0 Å². The molecule has 0 bridgehead atoms. The fourth-order valence-electron chi connectivity index (χ4n) is 2.49. The third-order valence-corrected chi connectivity index (χ3v) is 5.65. The Balaban J connectivity index is 1.84. The van der Waals surface area contributed by atoms with E-state index in [2.05, 4.69) is 23.4 Å². The van der Waals surface area contributed by atoms with Gasteiger partial charge >= 0.3 is 0 Å². The van der Waals surface area contributed by atoms with Crippen LogP contribution in [0.15, 0.2) is 17.5 Å². The van der Waals surface area contributed by atoms with Crippen LogP contribution in [0.2, 0.25) is 0 Å². The average Bonchev–Trinajstić information content (AvgIpc) is 2.98. The van der Waals surface area contributed by atoms with Crippen molar-refractivity contribution in [2.45, 2.75) is 6.04 Å². The third kappa shape index (κ3) is 2.41. The van der Waals surface area contributed by atoms with Gasteiger partial charge in [0.05, 0.1) is 10.9 Å². The van der Waals surface area contributed by atoms with E-state index in [-0.39, 0.29) is 11.9 Å². The van der Waals surface area contributed by atoms with E-state index in [0.29, 0.717) is 6.54 Å². The number of likely N-dealkylation sites (N-methyl/N-ethyl adjacent to an activating group) is 1. The normalized spacial score (nSPS) is 21.2. The molecule has 3 heterocycles. The van der Waals surface area contributed by atoms with E-state index < -0.39 is 0 Å². The summed E-state index contributed by atoms with van der Waals surface area (Å²) in [5.41, 5.74) is 5.81. The minimum Gasteiger partial charge on any atom is -0.331 e. The molecule has 0 aliphatic carbocycles. The number of rotatable bonds is 2. The van der Waals surface area contributed by atoms with Gasteiger partial charge in [0.25, 0.3) is 5.91 Å². The van der Waals surface area contributed by atoms with Crippen LogP contribution in [0.1, 0.15) is 9.67 Å². The minimum absolute atomic E-state index is 0.131. The maximum absolute atomic E-state index is 12.6. The fourth-order valence-corrected chi connectivity index (χ4v) is 4.56. The topological polar surface area (TPSA) is 49.6 Å². The van der Waals surface area contributed by atoms with E-state index in [9.17, 15) is 4.79 Å². The fraction of sp³-hybridized carbons (Fsp3) is 0.462. The molecule has 1 aliphatic heterocycles. The molecule has 0 saturated carbocycles. The standard InChI is InChI=1S/C13H17N3OS2/c1-15-3-4-16(9(7-14)8-15)13(17)12-6-11-10(19-12)2-5-18-11/h2,5-6,9H,3-4,7-8,14H2,1H3.